The fraction of sp³-hybridized carbons (Fsp3) is 0.0909. The summed E-state index contributed by atoms with van der Waals surface area (Å²) in [7, 11) is 0. The molecule has 0 unspecified atom stereocenters. The van der Waals surface area contributed by atoms with Crippen LogP contribution in [0.4, 0.5) is 11.4 Å². The van der Waals surface area contributed by atoms with E-state index >= 15 is 0 Å². The number of hydrogen-bond donors (Lipinski definition) is 2. The second-order valence-corrected chi connectivity index (χ2v) is 6.59. The number of nitrogens with one attached hydrogen (secondary N) is 2. The third kappa shape index (κ3) is 4.96. The van der Waals surface area contributed by atoms with Gasteiger partial charge in [0.1, 0.15) is 0 Å². The Balaban J connectivity index is 1.73. The number of aryl methyl sites for hydroxylation is 1. The Morgan fingerprint density at radius 1 is 0.926 bits per heavy atom. The zero-order valence-electron chi connectivity index (χ0n) is 14.8. The van der Waals surface area contributed by atoms with E-state index in [0.29, 0.717) is 21.8 Å². The van der Waals surface area contributed by atoms with Crippen molar-refractivity contribution in [2.24, 2.45) is 0 Å². The van der Waals surface area contributed by atoms with Crippen molar-refractivity contribution in [3.8, 4) is 0 Å². The van der Waals surface area contributed by atoms with Gasteiger partial charge < -0.3 is 10.6 Å². The van der Waals surface area contributed by atoms with Crippen LogP contribution >= 0.6 is 11.6 Å². The van der Waals surface area contributed by atoms with Crippen LogP contribution in [0, 0.1) is 6.92 Å². The van der Waals surface area contributed by atoms with Crippen LogP contribution in [0.5, 0.6) is 0 Å². The normalized spacial score (nSPS) is 10.3. The summed E-state index contributed by atoms with van der Waals surface area (Å²) < 4.78 is 0. The van der Waals surface area contributed by atoms with E-state index in [2.05, 4.69) is 10.6 Å². The van der Waals surface area contributed by atoms with E-state index in [9.17, 15) is 9.59 Å². The van der Waals surface area contributed by atoms with E-state index < -0.39 is 0 Å². The smallest absolute Gasteiger partial charge is 0.243 e. The molecule has 1 amide bonds. The predicted octanol–water partition coefficient (Wildman–Crippen LogP) is 4.93. The molecule has 5 heteroatoms. The lowest BCUT2D eigenvalue weighted by Crippen LogP contribution is -2.23. The van der Waals surface area contributed by atoms with Gasteiger partial charge in [0.25, 0.3) is 0 Å². The Bertz CT molecular complexity index is 954. The zero-order chi connectivity index (χ0) is 19.2. The minimum atomic E-state index is -0.250. The highest BCUT2D eigenvalue weighted by molar-refractivity contribution is 6.31. The highest BCUT2D eigenvalue weighted by Crippen LogP contribution is 2.23. The first-order valence-corrected chi connectivity index (χ1v) is 8.90. The van der Waals surface area contributed by atoms with Crippen LogP contribution in [0.15, 0.2) is 72.8 Å². The summed E-state index contributed by atoms with van der Waals surface area (Å²) in [5.74, 6) is -0.445. The van der Waals surface area contributed by atoms with Gasteiger partial charge in [0.2, 0.25) is 5.91 Å². The van der Waals surface area contributed by atoms with E-state index in [-0.39, 0.29) is 18.2 Å². The molecule has 0 saturated heterocycles. The molecular formula is C22H19ClN2O2. The predicted molar refractivity (Wildman–Crippen MR) is 110 cm³/mol. The SMILES string of the molecule is Cc1ccc(NCC(=O)Nc2ccc(Cl)cc2C(=O)c2ccccc2)cc1. The number of carbonyl (C=O) groups is 2. The largest absolute Gasteiger partial charge is 0.376 e. The second-order valence-electron chi connectivity index (χ2n) is 6.15. The quantitative estimate of drug-likeness (QED) is 0.598. The minimum Gasteiger partial charge on any atom is -0.376 e. The number of hydrogen-bond acceptors (Lipinski definition) is 3. The van der Waals surface area contributed by atoms with E-state index in [4.69, 9.17) is 11.6 Å². The number of anilines is 2. The van der Waals surface area contributed by atoms with Crippen molar-refractivity contribution in [2.75, 3.05) is 17.2 Å². The van der Waals surface area contributed by atoms with Crippen molar-refractivity contribution in [3.63, 3.8) is 0 Å². The zero-order valence-corrected chi connectivity index (χ0v) is 15.6. The number of ketones is 1. The van der Waals surface area contributed by atoms with Crippen LogP contribution in [0.25, 0.3) is 0 Å². The standard InChI is InChI=1S/C22H19ClN2O2/c1-15-7-10-18(11-8-15)24-14-21(26)25-20-12-9-17(23)13-19(20)22(27)16-5-3-2-4-6-16/h2-13,24H,14H2,1H3,(H,25,26). The summed E-state index contributed by atoms with van der Waals surface area (Å²) in [6, 6.07) is 21.5. The minimum absolute atomic E-state index is 0.0880. The molecule has 0 heterocycles. The van der Waals surface area contributed by atoms with E-state index in [1.165, 1.54) is 0 Å². The van der Waals surface area contributed by atoms with Gasteiger partial charge >= 0.3 is 0 Å². The molecular weight excluding hydrogens is 360 g/mol. The third-order valence-electron chi connectivity index (χ3n) is 4.04. The van der Waals surface area contributed by atoms with Crippen LogP contribution < -0.4 is 10.6 Å². The van der Waals surface area contributed by atoms with Crippen LogP contribution in [0.3, 0.4) is 0 Å². The number of carbonyl (C=O) groups excluding carboxylic acids is 2. The monoisotopic (exact) mass is 378 g/mol. The molecule has 0 aliphatic carbocycles. The maximum absolute atomic E-state index is 12.8. The first-order valence-electron chi connectivity index (χ1n) is 8.52. The van der Waals surface area contributed by atoms with Gasteiger partial charge in [0, 0.05) is 21.8 Å². The third-order valence-corrected chi connectivity index (χ3v) is 4.28. The molecule has 0 aromatic heterocycles. The average molecular weight is 379 g/mol. The Morgan fingerprint density at radius 2 is 1.63 bits per heavy atom. The molecule has 0 saturated carbocycles. The summed E-state index contributed by atoms with van der Waals surface area (Å²) in [6.07, 6.45) is 0. The molecule has 0 spiro atoms. The summed E-state index contributed by atoms with van der Waals surface area (Å²) in [6.45, 7) is 2.09. The van der Waals surface area contributed by atoms with Crippen molar-refractivity contribution in [1.82, 2.24) is 0 Å². The lowest BCUT2D eigenvalue weighted by molar-refractivity contribution is -0.114. The Labute approximate surface area is 163 Å². The Morgan fingerprint density at radius 3 is 2.33 bits per heavy atom. The van der Waals surface area contributed by atoms with Gasteiger partial charge in [-0.1, -0.05) is 59.6 Å². The first kappa shape index (κ1) is 18.7. The first-order chi connectivity index (χ1) is 13.0. The summed E-state index contributed by atoms with van der Waals surface area (Å²) in [5.41, 5.74) is 3.33. The summed E-state index contributed by atoms with van der Waals surface area (Å²) in [5, 5.41) is 6.28. The van der Waals surface area contributed by atoms with Crippen molar-refractivity contribution in [3.05, 3.63) is 94.5 Å². The van der Waals surface area contributed by atoms with Crippen molar-refractivity contribution in [2.45, 2.75) is 6.92 Å². The van der Waals surface area contributed by atoms with Crippen LogP contribution in [0.2, 0.25) is 5.02 Å². The van der Waals surface area contributed by atoms with Gasteiger partial charge in [-0.15, -0.1) is 0 Å². The number of halogens is 1. The Hall–Kier alpha value is -3.11. The van der Waals surface area contributed by atoms with Crippen molar-refractivity contribution in [1.29, 1.82) is 0 Å². The van der Waals surface area contributed by atoms with E-state index in [1.807, 2.05) is 37.3 Å². The maximum Gasteiger partial charge on any atom is 0.243 e. The molecule has 0 fully saturated rings. The highest BCUT2D eigenvalue weighted by atomic mass is 35.5. The van der Waals surface area contributed by atoms with E-state index in [0.717, 1.165) is 11.3 Å². The van der Waals surface area contributed by atoms with Crippen molar-refractivity contribution >= 4 is 34.7 Å². The molecule has 3 aromatic rings. The van der Waals surface area contributed by atoms with Crippen molar-refractivity contribution < 1.29 is 9.59 Å². The van der Waals surface area contributed by atoms with Gasteiger partial charge in [-0.2, -0.15) is 0 Å². The maximum atomic E-state index is 12.8. The lowest BCUT2D eigenvalue weighted by Gasteiger charge is -2.12. The van der Waals surface area contributed by atoms with Gasteiger partial charge in [0.15, 0.2) is 5.78 Å². The molecule has 0 radical (unpaired) electrons. The number of amides is 1. The fourth-order valence-corrected chi connectivity index (χ4v) is 2.78. The van der Waals surface area contributed by atoms with Gasteiger partial charge in [-0.25, -0.2) is 0 Å². The molecule has 27 heavy (non-hydrogen) atoms. The van der Waals surface area contributed by atoms with E-state index in [1.54, 1.807) is 42.5 Å². The molecule has 2 N–H and O–H groups in total. The highest BCUT2D eigenvalue weighted by Gasteiger charge is 2.16. The van der Waals surface area contributed by atoms with Crippen LogP contribution in [0.1, 0.15) is 21.5 Å². The van der Waals surface area contributed by atoms with Gasteiger partial charge in [0.05, 0.1) is 12.2 Å². The molecule has 4 nitrogen and oxygen atoms in total. The van der Waals surface area contributed by atoms with Crippen LogP contribution in [-0.4, -0.2) is 18.2 Å². The average Bonchev–Trinajstić information content (AvgIpc) is 2.69. The fourth-order valence-electron chi connectivity index (χ4n) is 2.61. The summed E-state index contributed by atoms with van der Waals surface area (Å²) in [4.78, 5) is 25.1. The molecule has 0 bridgehead atoms. The molecule has 3 aromatic carbocycles. The molecule has 3 rings (SSSR count). The molecule has 0 atom stereocenters. The lowest BCUT2D eigenvalue weighted by atomic mass is 10.0. The number of benzene rings is 3. The molecule has 0 aliphatic rings. The number of rotatable bonds is 6. The second kappa shape index (κ2) is 8.52. The van der Waals surface area contributed by atoms with Gasteiger partial charge in [-0.05, 0) is 37.3 Å². The molecule has 136 valence electrons. The molecule has 0 aliphatic heterocycles. The topological polar surface area (TPSA) is 58.2 Å². The van der Waals surface area contributed by atoms with Crippen LogP contribution in [-0.2, 0) is 4.79 Å². The summed E-state index contributed by atoms with van der Waals surface area (Å²) >= 11 is 6.06. The Kier molecular flexibility index (Phi) is 5.89. The van der Waals surface area contributed by atoms with Gasteiger partial charge in [-0.3, -0.25) is 9.59 Å².